The molecular formula is C20H28N2O3S. The minimum absolute atomic E-state index is 0.0380. The first-order valence-corrected chi connectivity index (χ1v) is 10.0. The Morgan fingerprint density at radius 1 is 1.42 bits per heavy atom. The van der Waals surface area contributed by atoms with Gasteiger partial charge in [-0.3, -0.25) is 4.90 Å². The van der Waals surface area contributed by atoms with Gasteiger partial charge in [0, 0.05) is 41.7 Å². The van der Waals surface area contributed by atoms with Crippen LogP contribution in [0.15, 0.2) is 30.5 Å². The zero-order valence-corrected chi connectivity index (χ0v) is 16.3. The molecule has 0 saturated carbocycles. The molecule has 1 aliphatic rings. The topological polar surface area (TPSA) is 65.8 Å². The number of likely N-dealkylation sites (tertiary alicyclic amines) is 1. The van der Waals surface area contributed by atoms with Crippen molar-refractivity contribution in [2.24, 2.45) is 5.41 Å². The number of aliphatic hydroxyl groups is 2. The van der Waals surface area contributed by atoms with Gasteiger partial charge in [0.25, 0.3) is 0 Å². The van der Waals surface area contributed by atoms with Crippen LogP contribution in [0.2, 0.25) is 0 Å². The lowest BCUT2D eigenvalue weighted by atomic mass is 9.74. The molecule has 0 radical (unpaired) electrons. The lowest BCUT2D eigenvalue weighted by Crippen LogP contribution is -2.53. The second kappa shape index (κ2) is 8.48. The maximum Gasteiger partial charge on any atom is 0.123 e. The van der Waals surface area contributed by atoms with Crippen molar-refractivity contribution in [3.8, 4) is 16.3 Å². The molecule has 2 aromatic rings. The maximum atomic E-state index is 10.4. The Morgan fingerprint density at radius 2 is 2.27 bits per heavy atom. The summed E-state index contributed by atoms with van der Waals surface area (Å²) in [5.74, 6) is 0.830. The van der Waals surface area contributed by atoms with Crippen LogP contribution in [-0.2, 0) is 6.54 Å². The molecule has 0 amide bonds. The van der Waals surface area contributed by atoms with Crippen molar-refractivity contribution in [1.82, 2.24) is 9.88 Å². The number of methoxy groups -OCH3 is 1. The zero-order valence-electron chi connectivity index (χ0n) is 15.5. The number of aromatic nitrogens is 1. The van der Waals surface area contributed by atoms with E-state index in [9.17, 15) is 10.2 Å². The molecule has 0 unspecified atom stereocenters. The molecule has 5 nitrogen and oxygen atoms in total. The molecule has 26 heavy (non-hydrogen) atoms. The van der Waals surface area contributed by atoms with Crippen molar-refractivity contribution in [1.29, 1.82) is 0 Å². The van der Waals surface area contributed by atoms with Gasteiger partial charge in [0.2, 0.25) is 0 Å². The van der Waals surface area contributed by atoms with Gasteiger partial charge in [0.1, 0.15) is 10.8 Å². The number of aliphatic hydroxyl groups excluding tert-OH is 2. The number of nitrogens with zero attached hydrogens (tertiary/aromatic N) is 2. The fraction of sp³-hybridized carbons (Fsp3) is 0.550. The van der Waals surface area contributed by atoms with E-state index in [-0.39, 0.29) is 6.61 Å². The molecule has 6 heteroatoms. The van der Waals surface area contributed by atoms with Gasteiger partial charge in [-0.25, -0.2) is 4.98 Å². The Labute approximate surface area is 159 Å². The average molecular weight is 377 g/mol. The average Bonchev–Trinajstić information content (AvgIpc) is 3.13. The van der Waals surface area contributed by atoms with Gasteiger partial charge in [0.15, 0.2) is 0 Å². The molecule has 0 spiro atoms. The van der Waals surface area contributed by atoms with Gasteiger partial charge in [-0.15, -0.1) is 11.3 Å². The van der Waals surface area contributed by atoms with E-state index in [1.54, 1.807) is 18.4 Å². The quantitative estimate of drug-likeness (QED) is 0.777. The number of piperidine rings is 1. The Balaban J connectivity index is 1.70. The Bertz CT molecular complexity index is 721. The van der Waals surface area contributed by atoms with Crippen LogP contribution in [0.5, 0.6) is 5.75 Å². The van der Waals surface area contributed by atoms with Gasteiger partial charge in [-0.2, -0.15) is 0 Å². The minimum Gasteiger partial charge on any atom is -0.497 e. The van der Waals surface area contributed by atoms with Crippen molar-refractivity contribution in [2.45, 2.75) is 38.8 Å². The van der Waals surface area contributed by atoms with Crippen molar-refractivity contribution < 1.29 is 14.9 Å². The summed E-state index contributed by atoms with van der Waals surface area (Å²) in [6, 6.07) is 7.94. The fourth-order valence-corrected chi connectivity index (χ4v) is 4.80. The molecule has 1 saturated heterocycles. The number of rotatable bonds is 7. The predicted octanol–water partition coefficient (Wildman–Crippen LogP) is 3.16. The molecular weight excluding hydrogens is 348 g/mol. The lowest BCUT2D eigenvalue weighted by molar-refractivity contribution is -0.0817. The van der Waals surface area contributed by atoms with Crippen molar-refractivity contribution >= 4 is 11.3 Å². The van der Waals surface area contributed by atoms with Crippen LogP contribution in [0.25, 0.3) is 10.6 Å². The van der Waals surface area contributed by atoms with E-state index in [0.717, 1.165) is 48.8 Å². The van der Waals surface area contributed by atoms with Crippen molar-refractivity contribution in [3.05, 3.63) is 35.3 Å². The molecule has 1 aliphatic heterocycles. The number of benzene rings is 1. The first kappa shape index (κ1) is 19.3. The van der Waals surface area contributed by atoms with E-state index in [2.05, 4.69) is 16.8 Å². The van der Waals surface area contributed by atoms with Crippen molar-refractivity contribution in [2.75, 3.05) is 26.8 Å². The molecule has 3 rings (SSSR count). The van der Waals surface area contributed by atoms with E-state index >= 15 is 0 Å². The largest absolute Gasteiger partial charge is 0.497 e. The number of ether oxygens (including phenoxy) is 1. The highest BCUT2D eigenvalue weighted by molar-refractivity contribution is 7.15. The number of thiazole rings is 1. The van der Waals surface area contributed by atoms with Crippen LogP contribution in [0.1, 0.15) is 31.1 Å². The van der Waals surface area contributed by atoms with Gasteiger partial charge < -0.3 is 14.9 Å². The summed E-state index contributed by atoms with van der Waals surface area (Å²) in [5.41, 5.74) is 0.665. The predicted molar refractivity (Wildman–Crippen MR) is 104 cm³/mol. The second-order valence-electron chi connectivity index (χ2n) is 7.15. The molecule has 142 valence electrons. The highest BCUT2D eigenvalue weighted by atomic mass is 32.1. The third-order valence-corrected chi connectivity index (χ3v) is 6.31. The fourth-order valence-electron chi connectivity index (χ4n) is 3.84. The monoisotopic (exact) mass is 376 g/mol. The molecule has 2 N–H and O–H groups in total. The summed E-state index contributed by atoms with van der Waals surface area (Å²) in [5, 5.41) is 21.3. The number of hydrogen-bond acceptors (Lipinski definition) is 6. The SMILES string of the molecule is CCC[C@@]1(CO)CN(Cc2cnc(-c3cccc(OC)c3)s2)CC[C@@H]1O. The van der Waals surface area contributed by atoms with Crippen LogP contribution in [-0.4, -0.2) is 53.0 Å². The van der Waals surface area contributed by atoms with E-state index in [1.807, 2.05) is 30.5 Å². The summed E-state index contributed by atoms with van der Waals surface area (Å²) in [4.78, 5) is 8.10. The minimum atomic E-state index is -0.419. The summed E-state index contributed by atoms with van der Waals surface area (Å²) in [7, 11) is 1.67. The third-order valence-electron chi connectivity index (χ3n) is 5.28. The van der Waals surface area contributed by atoms with Crippen LogP contribution in [0.3, 0.4) is 0 Å². The van der Waals surface area contributed by atoms with Crippen LogP contribution < -0.4 is 4.74 Å². The van der Waals surface area contributed by atoms with Crippen LogP contribution in [0, 0.1) is 5.41 Å². The van der Waals surface area contributed by atoms with Gasteiger partial charge in [-0.1, -0.05) is 25.5 Å². The summed E-state index contributed by atoms with van der Waals surface area (Å²) in [6.07, 6.45) is 4.04. The Hall–Kier alpha value is -1.47. The highest BCUT2D eigenvalue weighted by Gasteiger charge is 2.41. The Kier molecular flexibility index (Phi) is 6.29. The van der Waals surface area contributed by atoms with E-state index in [0.29, 0.717) is 6.42 Å². The standard InChI is InChI=1S/C20H28N2O3S/c1-3-8-20(14-23)13-22(9-7-18(20)24)12-17-11-21-19(26-17)15-5-4-6-16(10-15)25-2/h4-6,10-11,18,23-24H,3,7-9,12-14H2,1-2H3/t18-,20-/m0/s1. The molecule has 0 aliphatic carbocycles. The van der Waals surface area contributed by atoms with Gasteiger partial charge in [-0.05, 0) is 25.0 Å². The molecule has 2 heterocycles. The summed E-state index contributed by atoms with van der Waals surface area (Å²) < 4.78 is 5.29. The van der Waals surface area contributed by atoms with Gasteiger partial charge >= 0.3 is 0 Å². The maximum absolute atomic E-state index is 10.4. The Morgan fingerprint density at radius 3 is 3.00 bits per heavy atom. The number of hydrogen-bond donors (Lipinski definition) is 2. The van der Waals surface area contributed by atoms with Gasteiger partial charge in [0.05, 0.1) is 19.8 Å². The molecule has 1 fully saturated rings. The first-order valence-electron chi connectivity index (χ1n) is 9.20. The molecule has 1 aromatic heterocycles. The molecule has 2 atom stereocenters. The normalized spacial score (nSPS) is 23.9. The molecule has 0 bridgehead atoms. The highest BCUT2D eigenvalue weighted by Crippen LogP contribution is 2.36. The lowest BCUT2D eigenvalue weighted by Gasteiger charge is -2.45. The molecule has 1 aromatic carbocycles. The van der Waals surface area contributed by atoms with E-state index in [4.69, 9.17) is 4.74 Å². The summed E-state index contributed by atoms with van der Waals surface area (Å²) >= 11 is 1.69. The third kappa shape index (κ3) is 4.09. The zero-order chi connectivity index (χ0) is 18.6. The van der Waals surface area contributed by atoms with Crippen LogP contribution >= 0.6 is 11.3 Å². The first-order chi connectivity index (χ1) is 12.6. The van der Waals surface area contributed by atoms with E-state index < -0.39 is 11.5 Å². The smallest absolute Gasteiger partial charge is 0.123 e. The summed E-state index contributed by atoms with van der Waals surface area (Å²) in [6.45, 7) is 4.52. The van der Waals surface area contributed by atoms with E-state index in [1.165, 1.54) is 4.88 Å². The second-order valence-corrected chi connectivity index (χ2v) is 8.26. The van der Waals surface area contributed by atoms with Crippen LogP contribution in [0.4, 0.5) is 0 Å². The van der Waals surface area contributed by atoms with Crippen molar-refractivity contribution in [3.63, 3.8) is 0 Å².